The van der Waals surface area contributed by atoms with Crippen molar-refractivity contribution in [2.75, 3.05) is 45.9 Å². The number of hydrogen-bond donors (Lipinski definition) is 1. The number of urea groups is 1. The Morgan fingerprint density at radius 3 is 2.45 bits per heavy atom. The fourth-order valence-corrected chi connectivity index (χ4v) is 3.25. The molecule has 1 N–H and O–H groups in total. The number of rotatable bonds is 4. The van der Waals surface area contributed by atoms with Gasteiger partial charge < -0.3 is 15.0 Å². The van der Waals surface area contributed by atoms with Crippen LogP contribution < -0.4 is 5.32 Å². The van der Waals surface area contributed by atoms with E-state index in [4.69, 9.17) is 4.74 Å². The van der Waals surface area contributed by atoms with Crippen LogP contribution in [-0.2, 0) is 4.74 Å². The van der Waals surface area contributed by atoms with E-state index in [9.17, 15) is 4.79 Å². The van der Waals surface area contributed by atoms with Crippen molar-refractivity contribution in [3.05, 3.63) is 35.9 Å². The Balaban J connectivity index is 1.61. The van der Waals surface area contributed by atoms with E-state index < -0.39 is 0 Å². The van der Waals surface area contributed by atoms with Crippen molar-refractivity contribution in [3.63, 3.8) is 0 Å². The number of amides is 2. The summed E-state index contributed by atoms with van der Waals surface area (Å²) in [5.74, 6) is 0. The Labute approximate surface area is 132 Å². The molecule has 1 atom stereocenters. The van der Waals surface area contributed by atoms with Gasteiger partial charge in [0.05, 0.1) is 19.3 Å². The van der Waals surface area contributed by atoms with E-state index in [1.54, 1.807) is 0 Å². The minimum atomic E-state index is 0.0310. The summed E-state index contributed by atoms with van der Waals surface area (Å²) in [6.45, 7) is 5.56. The van der Waals surface area contributed by atoms with Crippen LogP contribution in [-0.4, -0.2) is 61.8 Å². The molecule has 2 aliphatic heterocycles. The fourth-order valence-electron chi connectivity index (χ4n) is 3.25. The van der Waals surface area contributed by atoms with Crippen LogP contribution in [0.25, 0.3) is 0 Å². The molecule has 0 saturated carbocycles. The summed E-state index contributed by atoms with van der Waals surface area (Å²) in [6.07, 6.45) is 2.50. The van der Waals surface area contributed by atoms with Gasteiger partial charge in [-0.3, -0.25) is 4.90 Å². The first-order valence-corrected chi connectivity index (χ1v) is 8.24. The van der Waals surface area contributed by atoms with Crippen LogP contribution in [0.5, 0.6) is 0 Å². The first-order chi connectivity index (χ1) is 10.8. The first-order valence-electron chi connectivity index (χ1n) is 8.24. The highest BCUT2D eigenvalue weighted by molar-refractivity contribution is 5.74. The predicted octanol–water partition coefficient (Wildman–Crippen LogP) is 1.87. The molecule has 0 aromatic heterocycles. The zero-order valence-corrected chi connectivity index (χ0v) is 13.0. The normalized spacial score (nSPS) is 20.8. The van der Waals surface area contributed by atoms with Gasteiger partial charge in [0, 0.05) is 19.6 Å². The van der Waals surface area contributed by atoms with Gasteiger partial charge in [-0.05, 0) is 31.5 Å². The largest absolute Gasteiger partial charge is 0.378 e. The van der Waals surface area contributed by atoms with Crippen molar-refractivity contribution in [3.8, 4) is 0 Å². The van der Waals surface area contributed by atoms with E-state index in [0.717, 1.165) is 13.1 Å². The maximum atomic E-state index is 12.3. The molecule has 5 heteroatoms. The summed E-state index contributed by atoms with van der Waals surface area (Å²) in [7, 11) is 0. The van der Waals surface area contributed by atoms with Gasteiger partial charge in [0.2, 0.25) is 0 Å². The molecule has 1 unspecified atom stereocenters. The summed E-state index contributed by atoms with van der Waals surface area (Å²) >= 11 is 0. The number of carbonyl (C=O) groups is 1. The van der Waals surface area contributed by atoms with Crippen molar-refractivity contribution in [2.45, 2.75) is 18.9 Å². The highest BCUT2D eigenvalue weighted by Crippen LogP contribution is 2.24. The molecule has 0 bridgehead atoms. The van der Waals surface area contributed by atoms with Crippen molar-refractivity contribution >= 4 is 6.03 Å². The molecule has 1 aromatic carbocycles. The highest BCUT2D eigenvalue weighted by Gasteiger charge is 2.25. The fraction of sp³-hybridized carbons (Fsp3) is 0.588. The van der Waals surface area contributed by atoms with E-state index in [0.29, 0.717) is 32.8 Å². The molecule has 0 radical (unpaired) electrons. The third-order valence-electron chi connectivity index (χ3n) is 4.51. The maximum Gasteiger partial charge on any atom is 0.317 e. The number of hydrogen-bond acceptors (Lipinski definition) is 3. The lowest BCUT2D eigenvalue weighted by Gasteiger charge is -2.31. The molecule has 0 aliphatic carbocycles. The Morgan fingerprint density at radius 2 is 1.77 bits per heavy atom. The number of likely N-dealkylation sites (tertiary alicyclic amines) is 1. The molecule has 2 amide bonds. The quantitative estimate of drug-likeness (QED) is 0.923. The van der Waals surface area contributed by atoms with Crippen LogP contribution in [0.4, 0.5) is 4.79 Å². The molecule has 2 heterocycles. The van der Waals surface area contributed by atoms with Crippen molar-refractivity contribution in [1.29, 1.82) is 0 Å². The van der Waals surface area contributed by atoms with E-state index >= 15 is 0 Å². The molecule has 120 valence electrons. The minimum absolute atomic E-state index is 0.0310. The van der Waals surface area contributed by atoms with E-state index in [2.05, 4.69) is 34.5 Å². The van der Waals surface area contributed by atoms with Crippen molar-refractivity contribution < 1.29 is 9.53 Å². The second-order valence-corrected chi connectivity index (χ2v) is 5.96. The summed E-state index contributed by atoms with van der Waals surface area (Å²) < 4.78 is 5.30. The van der Waals surface area contributed by atoms with Gasteiger partial charge in [0.25, 0.3) is 0 Å². The van der Waals surface area contributed by atoms with E-state index in [1.807, 2.05) is 11.0 Å². The molecule has 2 saturated heterocycles. The van der Waals surface area contributed by atoms with Gasteiger partial charge >= 0.3 is 6.03 Å². The minimum Gasteiger partial charge on any atom is -0.378 e. The summed E-state index contributed by atoms with van der Waals surface area (Å²) in [4.78, 5) is 16.6. The van der Waals surface area contributed by atoms with Gasteiger partial charge in [-0.15, -0.1) is 0 Å². The lowest BCUT2D eigenvalue weighted by Crippen LogP contribution is -2.48. The monoisotopic (exact) mass is 303 g/mol. The number of morpholine rings is 1. The van der Waals surface area contributed by atoms with Gasteiger partial charge in [-0.25, -0.2) is 4.79 Å². The second-order valence-electron chi connectivity index (χ2n) is 5.96. The second kappa shape index (κ2) is 7.61. The number of nitrogens with one attached hydrogen (secondary N) is 1. The van der Waals surface area contributed by atoms with Crippen LogP contribution in [0, 0.1) is 0 Å². The number of nitrogens with zero attached hydrogens (tertiary/aromatic N) is 2. The first kappa shape index (κ1) is 15.3. The molecule has 2 fully saturated rings. The lowest BCUT2D eigenvalue weighted by atomic mass is 10.1. The van der Waals surface area contributed by atoms with Gasteiger partial charge in [0.1, 0.15) is 0 Å². The average Bonchev–Trinajstić information content (AvgIpc) is 3.11. The molecular formula is C17H25N3O2. The molecule has 22 heavy (non-hydrogen) atoms. The zero-order chi connectivity index (χ0) is 15.2. The average molecular weight is 303 g/mol. The Bertz CT molecular complexity index is 468. The van der Waals surface area contributed by atoms with Crippen LogP contribution in [0.15, 0.2) is 30.3 Å². The third kappa shape index (κ3) is 3.78. The Morgan fingerprint density at radius 1 is 1.09 bits per heavy atom. The van der Waals surface area contributed by atoms with Crippen LogP contribution in [0.2, 0.25) is 0 Å². The Kier molecular flexibility index (Phi) is 5.29. The zero-order valence-electron chi connectivity index (χ0n) is 13.0. The maximum absolute atomic E-state index is 12.3. The van der Waals surface area contributed by atoms with E-state index in [-0.39, 0.29) is 12.1 Å². The molecule has 1 aromatic rings. The summed E-state index contributed by atoms with van der Waals surface area (Å²) in [6, 6.07) is 10.8. The van der Waals surface area contributed by atoms with Gasteiger partial charge in [0.15, 0.2) is 0 Å². The molecule has 5 nitrogen and oxygen atoms in total. The molecule has 2 aliphatic rings. The van der Waals surface area contributed by atoms with Gasteiger partial charge in [-0.2, -0.15) is 0 Å². The Hall–Kier alpha value is -1.59. The SMILES string of the molecule is O=C(NCC(c1ccccc1)N1CCCC1)N1CCOCC1. The standard InChI is InChI=1S/C17H25N3O2/c21-17(20-10-12-22-13-11-20)18-14-16(19-8-4-5-9-19)15-6-2-1-3-7-15/h1-3,6-7,16H,4-5,8-14H2,(H,18,21). The third-order valence-corrected chi connectivity index (χ3v) is 4.51. The van der Waals surface area contributed by atoms with Gasteiger partial charge in [-0.1, -0.05) is 30.3 Å². The number of carbonyl (C=O) groups excluding carboxylic acids is 1. The topological polar surface area (TPSA) is 44.8 Å². The molecular weight excluding hydrogens is 278 g/mol. The predicted molar refractivity (Wildman–Crippen MR) is 85.8 cm³/mol. The summed E-state index contributed by atoms with van der Waals surface area (Å²) in [5, 5.41) is 3.12. The molecule has 0 spiro atoms. The van der Waals surface area contributed by atoms with Crippen LogP contribution >= 0.6 is 0 Å². The molecule has 3 rings (SSSR count). The number of ether oxygens (including phenoxy) is 1. The summed E-state index contributed by atoms with van der Waals surface area (Å²) in [5.41, 5.74) is 1.28. The van der Waals surface area contributed by atoms with Crippen LogP contribution in [0.3, 0.4) is 0 Å². The number of benzene rings is 1. The van der Waals surface area contributed by atoms with Crippen molar-refractivity contribution in [1.82, 2.24) is 15.1 Å². The smallest absolute Gasteiger partial charge is 0.317 e. The van der Waals surface area contributed by atoms with E-state index in [1.165, 1.54) is 18.4 Å². The highest BCUT2D eigenvalue weighted by atomic mass is 16.5. The van der Waals surface area contributed by atoms with Crippen molar-refractivity contribution in [2.24, 2.45) is 0 Å². The lowest BCUT2D eigenvalue weighted by molar-refractivity contribution is 0.0527. The van der Waals surface area contributed by atoms with Crippen LogP contribution in [0.1, 0.15) is 24.4 Å².